The van der Waals surface area contributed by atoms with Crippen LogP contribution in [0.15, 0.2) is 36.4 Å². The highest BCUT2D eigenvalue weighted by Gasteiger charge is 2.06. The summed E-state index contributed by atoms with van der Waals surface area (Å²) < 4.78 is 0. The summed E-state index contributed by atoms with van der Waals surface area (Å²) in [6, 6.07) is 12.6. The molecule has 5 heteroatoms. The molecule has 106 valence electrons. The Balaban J connectivity index is 1.91. The van der Waals surface area contributed by atoms with Crippen molar-refractivity contribution < 1.29 is 0 Å². The van der Waals surface area contributed by atoms with Crippen molar-refractivity contribution in [3.63, 3.8) is 0 Å². The predicted octanol–water partition coefficient (Wildman–Crippen LogP) is 2.50. The van der Waals surface area contributed by atoms with E-state index in [1.54, 1.807) is 0 Å². The molecule has 20 heavy (non-hydrogen) atoms. The lowest BCUT2D eigenvalue weighted by molar-refractivity contribution is 0.702. The Kier molecular flexibility index (Phi) is 4.90. The fourth-order valence-corrected chi connectivity index (χ4v) is 2.07. The lowest BCUT2D eigenvalue weighted by Gasteiger charge is -2.15. The van der Waals surface area contributed by atoms with Crippen molar-refractivity contribution >= 4 is 11.6 Å². The van der Waals surface area contributed by atoms with E-state index in [2.05, 4.69) is 51.9 Å². The fourth-order valence-electron chi connectivity index (χ4n) is 2.07. The van der Waals surface area contributed by atoms with Gasteiger partial charge in [-0.1, -0.05) is 30.3 Å². The summed E-state index contributed by atoms with van der Waals surface area (Å²) in [7, 11) is 0. The van der Waals surface area contributed by atoms with Crippen molar-refractivity contribution in [2.45, 2.75) is 32.7 Å². The number of anilines is 2. The van der Waals surface area contributed by atoms with E-state index < -0.39 is 0 Å². The molecule has 4 N–H and O–H groups in total. The molecule has 0 aliphatic carbocycles. The highest BCUT2D eigenvalue weighted by molar-refractivity contribution is 5.47. The van der Waals surface area contributed by atoms with Crippen LogP contribution in [0.3, 0.4) is 0 Å². The first-order valence-electron chi connectivity index (χ1n) is 6.80. The van der Waals surface area contributed by atoms with E-state index in [9.17, 15) is 0 Å². The smallest absolute Gasteiger partial charge is 0.145 e. The molecule has 5 nitrogen and oxygen atoms in total. The molecule has 1 heterocycles. The summed E-state index contributed by atoms with van der Waals surface area (Å²) in [5.74, 6) is 7.50. The second kappa shape index (κ2) is 6.86. The standard InChI is InChI=1S/C15H21N5/c1-11(8-9-13-6-4-3-5-7-13)17-14-10-15(20-16)19-12(2)18-14/h3-7,10-11H,8-9,16H2,1-2H3,(H2,17,18,19,20). The summed E-state index contributed by atoms with van der Waals surface area (Å²) in [4.78, 5) is 8.52. The van der Waals surface area contributed by atoms with Crippen LogP contribution in [-0.2, 0) is 6.42 Å². The van der Waals surface area contributed by atoms with Crippen molar-refractivity contribution in [3.05, 3.63) is 47.8 Å². The zero-order valence-electron chi connectivity index (χ0n) is 11.9. The van der Waals surface area contributed by atoms with Gasteiger partial charge in [0.05, 0.1) is 0 Å². The number of aromatic nitrogens is 2. The number of hydrogen-bond donors (Lipinski definition) is 3. The molecule has 2 aromatic rings. The molecule has 1 aromatic heterocycles. The van der Waals surface area contributed by atoms with Gasteiger partial charge in [-0.25, -0.2) is 15.8 Å². The van der Waals surface area contributed by atoms with Gasteiger partial charge in [0.25, 0.3) is 0 Å². The second-order valence-corrected chi connectivity index (χ2v) is 4.90. The van der Waals surface area contributed by atoms with E-state index in [0.29, 0.717) is 17.7 Å². The number of nitrogens with one attached hydrogen (secondary N) is 2. The van der Waals surface area contributed by atoms with Gasteiger partial charge in [0.1, 0.15) is 17.5 Å². The number of nitrogen functional groups attached to an aromatic ring is 1. The molecule has 0 saturated carbocycles. The van der Waals surface area contributed by atoms with Gasteiger partial charge in [0.15, 0.2) is 0 Å². The van der Waals surface area contributed by atoms with Crippen LogP contribution in [0.25, 0.3) is 0 Å². The van der Waals surface area contributed by atoms with Crippen LogP contribution < -0.4 is 16.6 Å². The monoisotopic (exact) mass is 271 g/mol. The van der Waals surface area contributed by atoms with Crippen LogP contribution in [0.2, 0.25) is 0 Å². The van der Waals surface area contributed by atoms with Gasteiger partial charge >= 0.3 is 0 Å². The van der Waals surface area contributed by atoms with Crippen molar-refractivity contribution in [2.75, 3.05) is 10.7 Å². The first-order valence-corrected chi connectivity index (χ1v) is 6.80. The topological polar surface area (TPSA) is 75.9 Å². The van der Waals surface area contributed by atoms with E-state index >= 15 is 0 Å². The molecule has 0 aliphatic rings. The molecule has 0 fully saturated rings. The van der Waals surface area contributed by atoms with Crippen molar-refractivity contribution in [3.8, 4) is 0 Å². The SMILES string of the molecule is Cc1nc(NN)cc(NC(C)CCc2ccccc2)n1. The molecule has 2 rings (SSSR count). The number of hydrazine groups is 1. The van der Waals surface area contributed by atoms with Crippen molar-refractivity contribution in [1.82, 2.24) is 9.97 Å². The summed E-state index contributed by atoms with van der Waals surface area (Å²) in [5, 5.41) is 3.38. The van der Waals surface area contributed by atoms with Crippen LogP contribution in [0.4, 0.5) is 11.6 Å². The molecule has 0 radical (unpaired) electrons. The van der Waals surface area contributed by atoms with Crippen LogP contribution in [0, 0.1) is 6.92 Å². The third kappa shape index (κ3) is 4.20. The average molecular weight is 271 g/mol. The van der Waals surface area contributed by atoms with Gasteiger partial charge in [-0.15, -0.1) is 0 Å². The number of rotatable bonds is 6. The Labute approximate surface area is 119 Å². The Morgan fingerprint density at radius 3 is 2.55 bits per heavy atom. The second-order valence-electron chi connectivity index (χ2n) is 4.90. The first kappa shape index (κ1) is 14.3. The van der Waals surface area contributed by atoms with Gasteiger partial charge in [0, 0.05) is 12.1 Å². The van der Waals surface area contributed by atoms with Crippen molar-refractivity contribution in [2.24, 2.45) is 5.84 Å². The van der Waals surface area contributed by atoms with E-state index in [0.717, 1.165) is 18.7 Å². The summed E-state index contributed by atoms with van der Waals surface area (Å²) in [6.45, 7) is 4.00. The van der Waals surface area contributed by atoms with Crippen LogP contribution in [0.1, 0.15) is 24.7 Å². The lowest BCUT2D eigenvalue weighted by atomic mass is 10.1. The number of nitrogens with zero attached hydrogens (tertiary/aromatic N) is 2. The van der Waals surface area contributed by atoms with E-state index in [-0.39, 0.29) is 0 Å². The Morgan fingerprint density at radius 2 is 1.85 bits per heavy atom. The quantitative estimate of drug-likeness (QED) is 0.556. The van der Waals surface area contributed by atoms with E-state index in [1.807, 2.05) is 19.1 Å². The van der Waals surface area contributed by atoms with Gasteiger partial charge in [-0.05, 0) is 32.3 Å². The van der Waals surface area contributed by atoms with Gasteiger partial charge in [0.2, 0.25) is 0 Å². The summed E-state index contributed by atoms with van der Waals surface area (Å²) in [6.07, 6.45) is 2.08. The third-order valence-electron chi connectivity index (χ3n) is 3.09. The normalized spacial score (nSPS) is 11.9. The highest BCUT2D eigenvalue weighted by Crippen LogP contribution is 2.13. The predicted molar refractivity (Wildman–Crippen MR) is 82.4 cm³/mol. The van der Waals surface area contributed by atoms with E-state index in [4.69, 9.17) is 5.84 Å². The minimum atomic E-state index is 0.329. The number of hydrogen-bond acceptors (Lipinski definition) is 5. The summed E-state index contributed by atoms with van der Waals surface area (Å²) >= 11 is 0. The first-order chi connectivity index (χ1) is 9.67. The lowest BCUT2D eigenvalue weighted by Crippen LogP contribution is -2.18. The number of benzene rings is 1. The zero-order valence-corrected chi connectivity index (χ0v) is 11.9. The summed E-state index contributed by atoms with van der Waals surface area (Å²) in [5.41, 5.74) is 3.90. The Bertz CT molecular complexity index is 541. The maximum absolute atomic E-state index is 5.39. The van der Waals surface area contributed by atoms with Gasteiger partial charge < -0.3 is 10.7 Å². The third-order valence-corrected chi connectivity index (χ3v) is 3.09. The molecule has 1 atom stereocenters. The molecule has 1 unspecified atom stereocenters. The fraction of sp³-hybridized carbons (Fsp3) is 0.333. The maximum Gasteiger partial charge on any atom is 0.145 e. The van der Waals surface area contributed by atoms with Crippen LogP contribution >= 0.6 is 0 Å². The van der Waals surface area contributed by atoms with Crippen LogP contribution in [0.5, 0.6) is 0 Å². The molecule has 0 aliphatic heterocycles. The number of aryl methyl sites for hydroxylation is 2. The minimum absolute atomic E-state index is 0.329. The Hall–Kier alpha value is -2.14. The van der Waals surface area contributed by atoms with Crippen LogP contribution in [-0.4, -0.2) is 16.0 Å². The van der Waals surface area contributed by atoms with E-state index in [1.165, 1.54) is 5.56 Å². The van der Waals surface area contributed by atoms with Crippen molar-refractivity contribution in [1.29, 1.82) is 0 Å². The molecule has 0 saturated heterocycles. The maximum atomic E-state index is 5.39. The zero-order chi connectivity index (χ0) is 14.4. The molecule has 0 bridgehead atoms. The average Bonchev–Trinajstić information content (AvgIpc) is 2.45. The number of nitrogens with two attached hydrogens (primary N) is 1. The molecular weight excluding hydrogens is 250 g/mol. The molecule has 0 spiro atoms. The minimum Gasteiger partial charge on any atom is -0.367 e. The highest BCUT2D eigenvalue weighted by atomic mass is 15.3. The molecule has 0 amide bonds. The molecular formula is C15H21N5. The largest absolute Gasteiger partial charge is 0.367 e. The molecule has 1 aromatic carbocycles. The van der Waals surface area contributed by atoms with Gasteiger partial charge in [-0.3, -0.25) is 0 Å². The Morgan fingerprint density at radius 1 is 1.15 bits per heavy atom. The van der Waals surface area contributed by atoms with Gasteiger partial charge in [-0.2, -0.15) is 0 Å².